The molecule has 7 atom stereocenters. The molecule has 0 aromatic heterocycles. The molecule has 1 saturated heterocycles. The summed E-state index contributed by atoms with van der Waals surface area (Å²) in [6.07, 6.45) is -7.73. The zero-order valence-electron chi connectivity index (χ0n) is 24.9. The van der Waals surface area contributed by atoms with E-state index in [1.807, 2.05) is 48.5 Å². The third kappa shape index (κ3) is 7.51. The Labute approximate surface area is 250 Å². The van der Waals surface area contributed by atoms with Crippen LogP contribution in [0.3, 0.4) is 0 Å². The van der Waals surface area contributed by atoms with Crippen molar-refractivity contribution in [2.24, 2.45) is 0 Å². The summed E-state index contributed by atoms with van der Waals surface area (Å²) in [7, 11) is 0. The van der Waals surface area contributed by atoms with Gasteiger partial charge in [-0.25, -0.2) is 9.59 Å². The zero-order chi connectivity index (χ0) is 31.5. The Bertz CT molecular complexity index is 1270. The molecule has 0 radical (unpaired) electrons. The average molecular weight is 601 g/mol. The molecule has 1 fully saturated rings. The van der Waals surface area contributed by atoms with E-state index in [0.29, 0.717) is 0 Å². The number of nitrogens with one attached hydrogen (secondary N) is 2. The van der Waals surface area contributed by atoms with Crippen molar-refractivity contribution in [3.63, 3.8) is 0 Å². The molecule has 1 heterocycles. The highest BCUT2D eigenvalue weighted by molar-refractivity contribution is 5.83. The Morgan fingerprint density at radius 2 is 1.56 bits per heavy atom. The monoisotopic (exact) mass is 600 g/mol. The van der Waals surface area contributed by atoms with Crippen molar-refractivity contribution in [2.45, 2.75) is 88.9 Å². The van der Waals surface area contributed by atoms with Gasteiger partial charge in [-0.2, -0.15) is 0 Å². The molecule has 12 nitrogen and oxygen atoms in total. The van der Waals surface area contributed by atoms with E-state index in [2.05, 4.69) is 10.6 Å². The second kappa shape index (κ2) is 13.4. The van der Waals surface area contributed by atoms with Gasteiger partial charge in [0.1, 0.15) is 36.6 Å². The van der Waals surface area contributed by atoms with Gasteiger partial charge in [-0.05, 0) is 49.9 Å². The average Bonchev–Trinajstić information content (AvgIpc) is 3.26. The fraction of sp³-hybridized carbons (Fsp3) is 0.516. The molecule has 1 aliphatic carbocycles. The van der Waals surface area contributed by atoms with Crippen LogP contribution in [0.1, 0.15) is 51.7 Å². The van der Waals surface area contributed by atoms with Crippen LogP contribution in [0.4, 0.5) is 4.79 Å². The van der Waals surface area contributed by atoms with E-state index in [-0.39, 0.29) is 12.5 Å². The number of benzene rings is 2. The summed E-state index contributed by atoms with van der Waals surface area (Å²) in [5, 5.41) is 35.5. The number of fused-ring (bicyclic) bond motifs is 3. The van der Waals surface area contributed by atoms with E-state index in [0.717, 1.165) is 22.3 Å². The van der Waals surface area contributed by atoms with Crippen molar-refractivity contribution in [3.05, 3.63) is 59.7 Å². The zero-order valence-corrected chi connectivity index (χ0v) is 24.9. The van der Waals surface area contributed by atoms with Crippen molar-refractivity contribution in [3.8, 4) is 11.1 Å². The number of ether oxygens (including phenoxy) is 4. The minimum absolute atomic E-state index is 0.00867. The van der Waals surface area contributed by atoms with E-state index in [4.69, 9.17) is 18.9 Å². The predicted octanol–water partition coefficient (Wildman–Crippen LogP) is 1.58. The topological polar surface area (TPSA) is 173 Å². The molecule has 2 aromatic carbocycles. The molecule has 2 aliphatic rings. The summed E-state index contributed by atoms with van der Waals surface area (Å²) < 4.78 is 22.7. The molecule has 1 aliphatic heterocycles. The minimum atomic E-state index is -1.55. The highest BCUT2D eigenvalue weighted by atomic mass is 16.7. The number of hydrogen-bond acceptors (Lipinski definition) is 10. The first-order valence-corrected chi connectivity index (χ1v) is 14.2. The van der Waals surface area contributed by atoms with Gasteiger partial charge in [0.2, 0.25) is 5.91 Å². The first-order valence-electron chi connectivity index (χ1n) is 14.2. The van der Waals surface area contributed by atoms with E-state index in [9.17, 15) is 29.7 Å². The quantitative estimate of drug-likeness (QED) is 0.266. The van der Waals surface area contributed by atoms with Crippen molar-refractivity contribution in [1.82, 2.24) is 10.6 Å². The normalized spacial score (nSPS) is 24.7. The van der Waals surface area contributed by atoms with E-state index in [1.54, 1.807) is 20.8 Å². The Kier molecular flexibility index (Phi) is 10.1. The number of alkyl carbamates (subject to hydrolysis) is 1. The molecule has 4 rings (SSSR count). The van der Waals surface area contributed by atoms with Crippen LogP contribution in [0.5, 0.6) is 0 Å². The van der Waals surface area contributed by atoms with Crippen LogP contribution in [0.15, 0.2) is 48.5 Å². The van der Waals surface area contributed by atoms with E-state index < -0.39 is 73.0 Å². The maximum Gasteiger partial charge on any atom is 0.407 e. The molecule has 2 aromatic rings. The van der Waals surface area contributed by atoms with Crippen LogP contribution in [-0.2, 0) is 28.5 Å². The summed E-state index contributed by atoms with van der Waals surface area (Å²) in [5.74, 6) is -1.56. The van der Waals surface area contributed by atoms with Gasteiger partial charge in [0.05, 0.1) is 12.7 Å². The van der Waals surface area contributed by atoms with Crippen molar-refractivity contribution in [1.29, 1.82) is 0 Å². The van der Waals surface area contributed by atoms with Crippen LogP contribution in [0.25, 0.3) is 11.1 Å². The van der Waals surface area contributed by atoms with Gasteiger partial charge < -0.3 is 44.9 Å². The molecule has 12 heteroatoms. The van der Waals surface area contributed by atoms with Crippen molar-refractivity contribution >= 4 is 18.0 Å². The number of carbonyl (C=O) groups excluding carboxylic acids is 3. The number of aliphatic hydroxyl groups excluding tert-OH is 3. The Hall–Kier alpha value is -3.55. The molecule has 234 valence electrons. The van der Waals surface area contributed by atoms with Gasteiger partial charge in [0.25, 0.3) is 0 Å². The molecule has 2 unspecified atom stereocenters. The van der Waals surface area contributed by atoms with Crippen LogP contribution in [-0.4, -0.2) is 94.9 Å². The number of aliphatic hydroxyl groups is 3. The molecule has 43 heavy (non-hydrogen) atoms. The van der Waals surface area contributed by atoms with Crippen molar-refractivity contribution in [2.75, 3.05) is 13.2 Å². The SMILES string of the molecule is CC(=O)NC1[C@@H](O[C@H](C)[C@H](NC(=O)OCC2c3ccccc3-c3ccccc32)C(=O)OC(C)(C)C)OC(CO)[C@H](O)[C@H]1O. The van der Waals surface area contributed by atoms with Gasteiger partial charge in [-0.1, -0.05) is 48.5 Å². The van der Waals surface area contributed by atoms with Crippen LogP contribution in [0, 0.1) is 0 Å². The molecule has 0 spiro atoms. The summed E-state index contributed by atoms with van der Waals surface area (Å²) >= 11 is 0. The van der Waals surface area contributed by atoms with E-state index in [1.165, 1.54) is 13.8 Å². The fourth-order valence-corrected chi connectivity index (χ4v) is 5.38. The molecule has 0 saturated carbocycles. The maximum absolute atomic E-state index is 13.2. The lowest BCUT2D eigenvalue weighted by atomic mass is 9.96. The van der Waals surface area contributed by atoms with Crippen molar-refractivity contribution < 1.29 is 48.7 Å². The number of hydrogen-bond donors (Lipinski definition) is 5. The van der Waals surface area contributed by atoms with Crippen LogP contribution in [0.2, 0.25) is 0 Å². The highest BCUT2D eigenvalue weighted by Crippen LogP contribution is 2.44. The molecule has 2 amide bonds. The van der Waals surface area contributed by atoms with E-state index >= 15 is 0 Å². The lowest BCUT2D eigenvalue weighted by Crippen LogP contribution is -2.65. The highest BCUT2D eigenvalue weighted by Gasteiger charge is 2.47. The first-order chi connectivity index (χ1) is 20.3. The standard InChI is InChI=1S/C31H40N2O10/c1-16(41-29-25(32-17(2)35)27(37)26(36)23(14-34)42-29)24(28(38)43-31(3,4)5)33-30(39)40-15-22-20-12-8-6-10-18(20)19-11-7-9-13-21(19)22/h6-13,16,22-27,29,34,36-37H,14-15H2,1-5H3,(H,32,35)(H,33,39)/t16-,23?,24+,25?,26+,27+,29+/m1/s1. The number of amides is 2. The van der Waals surface area contributed by atoms with Gasteiger partial charge in [0.15, 0.2) is 12.3 Å². The van der Waals surface area contributed by atoms with Gasteiger partial charge in [0, 0.05) is 12.8 Å². The van der Waals surface area contributed by atoms with Gasteiger partial charge >= 0.3 is 12.1 Å². The van der Waals surface area contributed by atoms with Crippen LogP contribution < -0.4 is 10.6 Å². The summed E-state index contributed by atoms with van der Waals surface area (Å²) in [5.41, 5.74) is 3.27. The Morgan fingerprint density at radius 3 is 2.09 bits per heavy atom. The first kappa shape index (κ1) is 32.4. The molecule has 0 bridgehead atoms. The summed E-state index contributed by atoms with van der Waals surface area (Å²) in [6.45, 7) is 7.05. The molecule has 5 N–H and O–H groups in total. The number of rotatable bonds is 9. The van der Waals surface area contributed by atoms with Gasteiger partial charge in [-0.3, -0.25) is 4.79 Å². The Morgan fingerprint density at radius 1 is 0.977 bits per heavy atom. The minimum Gasteiger partial charge on any atom is -0.458 e. The fourth-order valence-electron chi connectivity index (χ4n) is 5.38. The van der Waals surface area contributed by atoms with Gasteiger partial charge in [-0.15, -0.1) is 0 Å². The van der Waals surface area contributed by atoms with Crippen LogP contribution >= 0.6 is 0 Å². The lowest BCUT2D eigenvalue weighted by molar-refractivity contribution is -0.282. The maximum atomic E-state index is 13.2. The smallest absolute Gasteiger partial charge is 0.407 e. The third-order valence-electron chi connectivity index (χ3n) is 7.35. The third-order valence-corrected chi connectivity index (χ3v) is 7.35. The number of esters is 1. The Balaban J connectivity index is 1.50. The largest absolute Gasteiger partial charge is 0.458 e. The summed E-state index contributed by atoms with van der Waals surface area (Å²) in [6, 6.07) is 13.1. The second-order valence-electron chi connectivity index (χ2n) is 11.8. The predicted molar refractivity (Wildman–Crippen MR) is 154 cm³/mol. The summed E-state index contributed by atoms with van der Waals surface area (Å²) in [4.78, 5) is 38.2. The molecular formula is C31H40N2O10. The molecular weight excluding hydrogens is 560 g/mol. The number of carbonyl (C=O) groups is 3. The second-order valence-corrected chi connectivity index (χ2v) is 11.8. The lowest BCUT2D eigenvalue weighted by Gasteiger charge is -2.43.